The van der Waals surface area contributed by atoms with E-state index in [1.807, 2.05) is 12.1 Å². The summed E-state index contributed by atoms with van der Waals surface area (Å²) in [5.41, 5.74) is 6.41. The average molecular weight is 252 g/mol. The second kappa shape index (κ2) is 6.47. The standard InChI is InChI=1S/C13H20N2O3/c1-16-12-8-11(14)9-13(10-12)18-7-4-15-2-5-17-6-3-15/h8-10H,2-7,14H2,1H3. The van der Waals surface area contributed by atoms with E-state index < -0.39 is 0 Å². The minimum atomic E-state index is 0.645. The van der Waals surface area contributed by atoms with E-state index in [1.54, 1.807) is 13.2 Å². The molecule has 1 fully saturated rings. The number of hydrogen-bond donors (Lipinski definition) is 1. The molecule has 0 unspecified atom stereocenters. The number of rotatable bonds is 5. The Morgan fingerprint density at radius 1 is 1.22 bits per heavy atom. The molecule has 5 nitrogen and oxygen atoms in total. The predicted octanol–water partition coefficient (Wildman–Crippen LogP) is 0.988. The number of ether oxygens (including phenoxy) is 3. The average Bonchev–Trinajstić information content (AvgIpc) is 2.39. The third-order valence-electron chi connectivity index (χ3n) is 2.92. The Balaban J connectivity index is 1.80. The fourth-order valence-corrected chi connectivity index (χ4v) is 1.91. The number of anilines is 1. The van der Waals surface area contributed by atoms with Crippen LogP contribution in [0.4, 0.5) is 5.69 Å². The van der Waals surface area contributed by atoms with Crippen molar-refractivity contribution in [3.05, 3.63) is 18.2 Å². The van der Waals surface area contributed by atoms with Crippen LogP contribution in [0.2, 0.25) is 0 Å². The lowest BCUT2D eigenvalue weighted by Crippen LogP contribution is -2.38. The van der Waals surface area contributed by atoms with Gasteiger partial charge in [-0.05, 0) is 0 Å². The first-order chi connectivity index (χ1) is 8.78. The van der Waals surface area contributed by atoms with E-state index in [9.17, 15) is 0 Å². The minimum absolute atomic E-state index is 0.645. The number of nitrogens with two attached hydrogens (primary N) is 1. The monoisotopic (exact) mass is 252 g/mol. The Bertz CT molecular complexity index is 378. The molecule has 1 aromatic carbocycles. The molecular formula is C13H20N2O3. The van der Waals surface area contributed by atoms with Crippen LogP contribution in [0.15, 0.2) is 18.2 Å². The molecule has 1 aliphatic rings. The summed E-state index contributed by atoms with van der Waals surface area (Å²) < 4.78 is 16.1. The zero-order chi connectivity index (χ0) is 12.8. The van der Waals surface area contributed by atoms with Crippen molar-refractivity contribution in [1.82, 2.24) is 4.90 Å². The van der Waals surface area contributed by atoms with Crippen molar-refractivity contribution in [1.29, 1.82) is 0 Å². The molecule has 1 heterocycles. The Morgan fingerprint density at radius 3 is 2.67 bits per heavy atom. The molecule has 1 saturated heterocycles. The van der Waals surface area contributed by atoms with Gasteiger partial charge < -0.3 is 19.9 Å². The highest BCUT2D eigenvalue weighted by Gasteiger charge is 2.09. The fourth-order valence-electron chi connectivity index (χ4n) is 1.91. The van der Waals surface area contributed by atoms with Crippen LogP contribution in [-0.2, 0) is 4.74 Å². The van der Waals surface area contributed by atoms with Gasteiger partial charge in [-0.3, -0.25) is 4.90 Å². The number of nitrogen functional groups attached to an aromatic ring is 1. The molecule has 0 amide bonds. The molecule has 0 saturated carbocycles. The summed E-state index contributed by atoms with van der Waals surface area (Å²) >= 11 is 0. The van der Waals surface area contributed by atoms with Crippen molar-refractivity contribution in [2.45, 2.75) is 0 Å². The van der Waals surface area contributed by atoms with Crippen LogP contribution in [0.3, 0.4) is 0 Å². The molecule has 0 bridgehead atoms. The quantitative estimate of drug-likeness (QED) is 0.792. The second-order valence-electron chi connectivity index (χ2n) is 4.24. The summed E-state index contributed by atoms with van der Waals surface area (Å²) in [6.45, 7) is 5.12. The van der Waals surface area contributed by atoms with Gasteiger partial charge in [0, 0.05) is 43.5 Å². The van der Waals surface area contributed by atoms with E-state index in [4.69, 9.17) is 19.9 Å². The molecule has 5 heteroatoms. The lowest BCUT2D eigenvalue weighted by Gasteiger charge is -2.26. The van der Waals surface area contributed by atoms with Gasteiger partial charge in [0.1, 0.15) is 18.1 Å². The third kappa shape index (κ3) is 3.78. The maximum atomic E-state index is 5.76. The number of hydrogen-bond acceptors (Lipinski definition) is 5. The zero-order valence-electron chi connectivity index (χ0n) is 10.7. The van der Waals surface area contributed by atoms with Gasteiger partial charge in [0.05, 0.1) is 20.3 Å². The fraction of sp³-hybridized carbons (Fsp3) is 0.538. The smallest absolute Gasteiger partial charge is 0.125 e. The Hall–Kier alpha value is -1.46. The maximum Gasteiger partial charge on any atom is 0.125 e. The van der Waals surface area contributed by atoms with Gasteiger partial charge in [-0.2, -0.15) is 0 Å². The van der Waals surface area contributed by atoms with Crippen LogP contribution in [0.25, 0.3) is 0 Å². The molecule has 18 heavy (non-hydrogen) atoms. The summed E-state index contributed by atoms with van der Waals surface area (Å²) in [6.07, 6.45) is 0. The first-order valence-corrected chi connectivity index (χ1v) is 6.15. The SMILES string of the molecule is COc1cc(N)cc(OCCN2CCOCC2)c1. The highest BCUT2D eigenvalue weighted by Crippen LogP contribution is 2.23. The third-order valence-corrected chi connectivity index (χ3v) is 2.92. The lowest BCUT2D eigenvalue weighted by molar-refractivity contribution is 0.0322. The predicted molar refractivity (Wildman–Crippen MR) is 70.2 cm³/mol. The molecule has 1 aliphatic heterocycles. The van der Waals surface area contributed by atoms with Crippen LogP contribution in [0, 0.1) is 0 Å². The molecule has 100 valence electrons. The zero-order valence-corrected chi connectivity index (χ0v) is 10.7. The number of nitrogens with zero attached hydrogens (tertiary/aromatic N) is 1. The van der Waals surface area contributed by atoms with E-state index in [2.05, 4.69) is 4.90 Å². The van der Waals surface area contributed by atoms with Crippen LogP contribution >= 0.6 is 0 Å². The summed E-state index contributed by atoms with van der Waals surface area (Å²) in [7, 11) is 1.62. The molecule has 2 rings (SSSR count). The Kier molecular flexibility index (Phi) is 4.66. The van der Waals surface area contributed by atoms with Crippen molar-refractivity contribution in [2.75, 3.05) is 52.3 Å². The molecule has 0 atom stereocenters. The van der Waals surface area contributed by atoms with E-state index in [0.717, 1.165) is 44.3 Å². The van der Waals surface area contributed by atoms with Crippen LogP contribution in [0.5, 0.6) is 11.5 Å². The minimum Gasteiger partial charge on any atom is -0.497 e. The Morgan fingerprint density at radius 2 is 1.94 bits per heavy atom. The van der Waals surface area contributed by atoms with E-state index in [-0.39, 0.29) is 0 Å². The maximum absolute atomic E-state index is 5.76. The van der Waals surface area contributed by atoms with Crippen molar-refractivity contribution < 1.29 is 14.2 Å². The van der Waals surface area contributed by atoms with Gasteiger partial charge in [0.2, 0.25) is 0 Å². The van der Waals surface area contributed by atoms with Gasteiger partial charge in [0.25, 0.3) is 0 Å². The number of benzene rings is 1. The second-order valence-corrected chi connectivity index (χ2v) is 4.24. The number of methoxy groups -OCH3 is 1. The molecule has 0 aromatic heterocycles. The lowest BCUT2D eigenvalue weighted by atomic mass is 10.3. The molecular weight excluding hydrogens is 232 g/mol. The number of morpholine rings is 1. The van der Waals surface area contributed by atoms with Gasteiger partial charge in [-0.1, -0.05) is 0 Å². The van der Waals surface area contributed by atoms with Gasteiger partial charge >= 0.3 is 0 Å². The highest BCUT2D eigenvalue weighted by atomic mass is 16.5. The summed E-state index contributed by atoms with van der Waals surface area (Å²) in [6, 6.07) is 5.42. The normalized spacial score (nSPS) is 16.5. The van der Waals surface area contributed by atoms with Gasteiger partial charge in [-0.25, -0.2) is 0 Å². The summed E-state index contributed by atoms with van der Waals surface area (Å²) in [5, 5.41) is 0. The van der Waals surface area contributed by atoms with Crippen LogP contribution < -0.4 is 15.2 Å². The van der Waals surface area contributed by atoms with Gasteiger partial charge in [-0.15, -0.1) is 0 Å². The van der Waals surface area contributed by atoms with Crippen molar-refractivity contribution in [3.8, 4) is 11.5 Å². The highest BCUT2D eigenvalue weighted by molar-refractivity contribution is 5.50. The van der Waals surface area contributed by atoms with Crippen molar-refractivity contribution >= 4 is 5.69 Å². The van der Waals surface area contributed by atoms with Crippen LogP contribution in [0.1, 0.15) is 0 Å². The van der Waals surface area contributed by atoms with Crippen molar-refractivity contribution in [2.24, 2.45) is 0 Å². The largest absolute Gasteiger partial charge is 0.497 e. The molecule has 0 aliphatic carbocycles. The molecule has 0 radical (unpaired) electrons. The van der Waals surface area contributed by atoms with E-state index in [1.165, 1.54) is 0 Å². The summed E-state index contributed by atoms with van der Waals surface area (Å²) in [5.74, 6) is 1.47. The molecule has 0 spiro atoms. The topological polar surface area (TPSA) is 57.0 Å². The van der Waals surface area contributed by atoms with E-state index >= 15 is 0 Å². The van der Waals surface area contributed by atoms with Gasteiger partial charge in [0.15, 0.2) is 0 Å². The Labute approximate surface area is 107 Å². The summed E-state index contributed by atoms with van der Waals surface area (Å²) in [4.78, 5) is 2.33. The van der Waals surface area contributed by atoms with Crippen LogP contribution in [-0.4, -0.2) is 51.5 Å². The first kappa shape index (κ1) is 13.0. The van der Waals surface area contributed by atoms with Crippen molar-refractivity contribution in [3.63, 3.8) is 0 Å². The molecule has 1 aromatic rings. The first-order valence-electron chi connectivity index (χ1n) is 6.15. The molecule has 2 N–H and O–H groups in total. The van der Waals surface area contributed by atoms with E-state index in [0.29, 0.717) is 12.3 Å².